The highest BCUT2D eigenvalue weighted by Crippen LogP contribution is 2.38. The molecular formula is C16H29N5. The first-order valence-corrected chi connectivity index (χ1v) is 7.96. The van der Waals surface area contributed by atoms with E-state index in [1.165, 1.54) is 12.8 Å². The molecule has 0 bridgehead atoms. The summed E-state index contributed by atoms with van der Waals surface area (Å²) in [6, 6.07) is 2.42. The van der Waals surface area contributed by atoms with Gasteiger partial charge in [0.05, 0.1) is 0 Å². The van der Waals surface area contributed by atoms with Crippen LogP contribution in [0.5, 0.6) is 0 Å². The molecule has 0 aliphatic heterocycles. The second-order valence-corrected chi connectivity index (χ2v) is 6.75. The van der Waals surface area contributed by atoms with Crippen molar-refractivity contribution in [2.45, 2.75) is 45.1 Å². The van der Waals surface area contributed by atoms with Crippen molar-refractivity contribution in [3.63, 3.8) is 0 Å². The summed E-state index contributed by atoms with van der Waals surface area (Å²) < 4.78 is 0. The molecule has 1 saturated carbocycles. The smallest absolute Gasteiger partial charge is 0.136 e. The molecule has 1 aromatic heterocycles. The minimum atomic E-state index is 0.409. The van der Waals surface area contributed by atoms with Gasteiger partial charge in [-0.25, -0.2) is 9.97 Å². The van der Waals surface area contributed by atoms with Crippen LogP contribution in [-0.4, -0.2) is 48.6 Å². The highest BCUT2D eigenvalue weighted by atomic mass is 15.1. The summed E-state index contributed by atoms with van der Waals surface area (Å²) >= 11 is 0. The predicted octanol–water partition coefficient (Wildman–Crippen LogP) is 2.78. The fourth-order valence-corrected chi connectivity index (χ4v) is 2.59. The van der Waals surface area contributed by atoms with Crippen LogP contribution in [0.1, 0.15) is 44.9 Å². The second kappa shape index (κ2) is 7.07. The maximum atomic E-state index is 4.72. The van der Waals surface area contributed by atoms with Crippen LogP contribution in [0.4, 0.5) is 11.6 Å². The highest BCUT2D eigenvalue weighted by Gasteiger charge is 2.27. The zero-order valence-corrected chi connectivity index (χ0v) is 14.0. The summed E-state index contributed by atoms with van der Waals surface area (Å²) in [6.07, 6.45) is 3.58. The molecule has 0 amide bonds. The Kier molecular flexibility index (Phi) is 5.39. The standard InChI is InChI=1S/C16H29N5/c1-11(2)8-13(10-21(4)5)18-15-9-14(17-3)19-16(20-15)12-6-7-12/h9,11-13H,6-8,10H2,1-5H3,(H2,17,18,19,20). The second-order valence-electron chi connectivity index (χ2n) is 6.75. The minimum Gasteiger partial charge on any atom is -0.373 e. The molecular weight excluding hydrogens is 262 g/mol. The number of aromatic nitrogens is 2. The minimum absolute atomic E-state index is 0.409. The first-order valence-electron chi connectivity index (χ1n) is 7.96. The summed E-state index contributed by atoms with van der Waals surface area (Å²) in [6.45, 7) is 5.54. The lowest BCUT2D eigenvalue weighted by Gasteiger charge is -2.24. The van der Waals surface area contributed by atoms with Crippen molar-refractivity contribution in [1.82, 2.24) is 14.9 Å². The molecule has 1 heterocycles. The number of rotatable bonds is 8. The fraction of sp³-hybridized carbons (Fsp3) is 0.750. The van der Waals surface area contributed by atoms with Crippen molar-refractivity contribution in [1.29, 1.82) is 0 Å². The molecule has 1 fully saturated rings. The third-order valence-electron chi connectivity index (χ3n) is 3.64. The molecule has 1 unspecified atom stereocenters. The van der Waals surface area contributed by atoms with E-state index in [2.05, 4.69) is 48.5 Å². The number of hydrogen-bond acceptors (Lipinski definition) is 5. The molecule has 1 aliphatic rings. The lowest BCUT2D eigenvalue weighted by Crippen LogP contribution is -2.34. The first-order chi connectivity index (χ1) is 9.97. The zero-order chi connectivity index (χ0) is 15.4. The largest absolute Gasteiger partial charge is 0.373 e. The van der Waals surface area contributed by atoms with Gasteiger partial charge in [0.1, 0.15) is 17.5 Å². The van der Waals surface area contributed by atoms with Crippen LogP contribution >= 0.6 is 0 Å². The van der Waals surface area contributed by atoms with E-state index in [-0.39, 0.29) is 0 Å². The lowest BCUT2D eigenvalue weighted by molar-refractivity contribution is 0.356. The fourth-order valence-electron chi connectivity index (χ4n) is 2.59. The van der Waals surface area contributed by atoms with Crippen molar-refractivity contribution in [3.05, 3.63) is 11.9 Å². The van der Waals surface area contributed by atoms with Gasteiger partial charge in [0.2, 0.25) is 0 Å². The number of nitrogens with zero attached hydrogens (tertiary/aromatic N) is 3. The molecule has 1 aliphatic carbocycles. The third-order valence-corrected chi connectivity index (χ3v) is 3.64. The number of anilines is 2. The van der Waals surface area contributed by atoms with E-state index < -0.39 is 0 Å². The van der Waals surface area contributed by atoms with Crippen molar-refractivity contribution in [2.75, 3.05) is 38.3 Å². The van der Waals surface area contributed by atoms with Crippen molar-refractivity contribution < 1.29 is 0 Å². The summed E-state index contributed by atoms with van der Waals surface area (Å²) in [7, 11) is 6.14. The van der Waals surface area contributed by atoms with E-state index in [9.17, 15) is 0 Å². The Balaban J connectivity index is 2.12. The number of likely N-dealkylation sites (N-methyl/N-ethyl adjacent to an activating group) is 1. The monoisotopic (exact) mass is 291 g/mol. The van der Waals surface area contributed by atoms with Crippen LogP contribution in [0.25, 0.3) is 0 Å². The van der Waals surface area contributed by atoms with Gasteiger partial charge in [0.25, 0.3) is 0 Å². The Hall–Kier alpha value is -1.36. The van der Waals surface area contributed by atoms with Crippen molar-refractivity contribution in [3.8, 4) is 0 Å². The molecule has 118 valence electrons. The Labute approximate surface area is 128 Å². The van der Waals surface area contributed by atoms with Gasteiger partial charge in [-0.1, -0.05) is 13.8 Å². The summed E-state index contributed by atoms with van der Waals surface area (Å²) in [4.78, 5) is 11.5. The van der Waals surface area contributed by atoms with Crippen molar-refractivity contribution >= 4 is 11.6 Å². The molecule has 2 N–H and O–H groups in total. The average molecular weight is 291 g/mol. The van der Waals surface area contributed by atoms with E-state index in [0.29, 0.717) is 17.9 Å². The molecule has 0 saturated heterocycles. The van der Waals surface area contributed by atoms with Gasteiger partial charge in [0.15, 0.2) is 0 Å². The molecule has 5 nitrogen and oxygen atoms in total. The van der Waals surface area contributed by atoms with Gasteiger partial charge in [0, 0.05) is 31.6 Å². The quantitative estimate of drug-likeness (QED) is 0.771. The maximum Gasteiger partial charge on any atom is 0.136 e. The molecule has 0 aromatic carbocycles. The summed E-state index contributed by atoms with van der Waals surface area (Å²) in [5.74, 6) is 4.07. The van der Waals surface area contributed by atoms with Gasteiger partial charge in [-0.05, 0) is 39.3 Å². The third kappa shape index (κ3) is 5.16. The molecule has 0 radical (unpaired) electrons. The van der Waals surface area contributed by atoms with Crippen LogP contribution in [0.3, 0.4) is 0 Å². The van der Waals surface area contributed by atoms with E-state index in [4.69, 9.17) is 4.98 Å². The molecule has 1 aromatic rings. The number of hydrogen-bond donors (Lipinski definition) is 2. The SMILES string of the molecule is CNc1cc(NC(CC(C)C)CN(C)C)nc(C2CC2)n1. The highest BCUT2D eigenvalue weighted by molar-refractivity contribution is 5.48. The molecule has 0 spiro atoms. The zero-order valence-electron chi connectivity index (χ0n) is 14.0. The van der Waals surface area contributed by atoms with Gasteiger partial charge < -0.3 is 15.5 Å². The van der Waals surface area contributed by atoms with Crippen LogP contribution in [-0.2, 0) is 0 Å². The van der Waals surface area contributed by atoms with Crippen molar-refractivity contribution in [2.24, 2.45) is 5.92 Å². The van der Waals surface area contributed by atoms with Crippen LogP contribution in [0.2, 0.25) is 0 Å². The molecule has 5 heteroatoms. The Morgan fingerprint density at radius 3 is 2.43 bits per heavy atom. The molecule has 2 rings (SSSR count). The number of nitrogens with one attached hydrogen (secondary N) is 2. The summed E-state index contributed by atoms with van der Waals surface area (Å²) in [5, 5.41) is 6.75. The van der Waals surface area contributed by atoms with Gasteiger partial charge >= 0.3 is 0 Å². The molecule has 1 atom stereocenters. The summed E-state index contributed by atoms with van der Waals surface area (Å²) in [5.41, 5.74) is 0. The van der Waals surface area contributed by atoms with Crippen LogP contribution in [0.15, 0.2) is 6.07 Å². The Morgan fingerprint density at radius 1 is 1.24 bits per heavy atom. The molecule has 21 heavy (non-hydrogen) atoms. The van der Waals surface area contributed by atoms with Crippen LogP contribution < -0.4 is 10.6 Å². The van der Waals surface area contributed by atoms with Crippen LogP contribution in [0, 0.1) is 5.92 Å². The van der Waals surface area contributed by atoms with E-state index in [1.807, 2.05) is 13.1 Å². The average Bonchev–Trinajstić information content (AvgIpc) is 3.20. The van der Waals surface area contributed by atoms with Gasteiger partial charge in [-0.3, -0.25) is 0 Å². The van der Waals surface area contributed by atoms with E-state index in [1.54, 1.807) is 0 Å². The Bertz CT molecular complexity index is 444. The van der Waals surface area contributed by atoms with E-state index in [0.717, 1.165) is 30.4 Å². The normalized spacial score (nSPS) is 16.3. The predicted molar refractivity (Wildman–Crippen MR) is 89.0 cm³/mol. The van der Waals surface area contributed by atoms with Gasteiger partial charge in [-0.2, -0.15) is 0 Å². The first kappa shape index (κ1) is 16.0. The Morgan fingerprint density at radius 2 is 1.90 bits per heavy atom. The van der Waals surface area contributed by atoms with E-state index >= 15 is 0 Å². The van der Waals surface area contributed by atoms with Gasteiger partial charge in [-0.15, -0.1) is 0 Å². The topological polar surface area (TPSA) is 53.1 Å². The maximum absolute atomic E-state index is 4.72. The lowest BCUT2D eigenvalue weighted by atomic mass is 10.0.